The molecule has 1 N–H and O–H groups in total. The van der Waals surface area contributed by atoms with Crippen molar-refractivity contribution in [2.45, 2.75) is 56.4 Å². The maximum absolute atomic E-state index is 13.5. The highest BCUT2D eigenvalue weighted by molar-refractivity contribution is 7.89. The lowest BCUT2D eigenvalue weighted by Crippen LogP contribution is -2.41. The van der Waals surface area contributed by atoms with E-state index >= 15 is 0 Å². The zero-order valence-corrected chi connectivity index (χ0v) is 22.5. The van der Waals surface area contributed by atoms with Crippen LogP contribution in [0.4, 0.5) is 0 Å². The maximum atomic E-state index is 13.5. The Morgan fingerprint density at radius 2 is 1.69 bits per heavy atom. The highest BCUT2D eigenvalue weighted by atomic mass is 32.2. The van der Waals surface area contributed by atoms with Crippen molar-refractivity contribution in [1.82, 2.24) is 13.9 Å². The quantitative estimate of drug-likeness (QED) is 0.560. The molecule has 2 aliphatic heterocycles. The molecule has 2 saturated heterocycles. The summed E-state index contributed by atoms with van der Waals surface area (Å²) in [5.41, 5.74) is 2.22. The topological polar surface area (TPSA) is 104 Å². The number of nitrogens with one attached hydrogen (secondary N) is 1. The number of carbonyl (C=O) groups is 1. The Morgan fingerprint density at radius 3 is 2.36 bits per heavy atom. The largest absolute Gasteiger partial charge is 0.336 e. The lowest BCUT2D eigenvalue weighted by Gasteiger charge is -2.36. The number of rotatable bonds is 8. The summed E-state index contributed by atoms with van der Waals surface area (Å²) in [5.74, 6) is -0.0780. The molecular weight excluding hydrogens is 498 g/mol. The molecule has 4 rings (SSSR count). The summed E-state index contributed by atoms with van der Waals surface area (Å²) in [6.45, 7) is 3.32. The predicted molar refractivity (Wildman–Crippen MR) is 140 cm³/mol. The van der Waals surface area contributed by atoms with Crippen molar-refractivity contribution in [1.29, 1.82) is 0 Å². The van der Waals surface area contributed by atoms with E-state index in [4.69, 9.17) is 0 Å². The number of nitrogens with zero attached hydrogens (tertiary/aromatic N) is 2. The predicted octanol–water partition coefficient (Wildman–Crippen LogP) is 3.46. The van der Waals surface area contributed by atoms with Crippen LogP contribution >= 0.6 is 0 Å². The fourth-order valence-corrected chi connectivity index (χ4v) is 8.07. The molecule has 0 bridgehead atoms. The molecule has 2 aromatic rings. The van der Waals surface area contributed by atoms with Gasteiger partial charge in [-0.05, 0) is 62.3 Å². The molecule has 1 amide bonds. The SMILES string of the molecule is CC(c1ccc(C(=O)N2CCCC2CCNS(C)(=O)=O)cc1)N1CCCC(c2ccccc2)S1(=O)=O. The summed E-state index contributed by atoms with van der Waals surface area (Å²) in [6.07, 6.45) is 4.85. The number of amides is 1. The molecule has 0 saturated carbocycles. The summed E-state index contributed by atoms with van der Waals surface area (Å²) in [6, 6.07) is 16.3. The number of sulfonamides is 2. The molecule has 8 nitrogen and oxygen atoms in total. The highest BCUT2D eigenvalue weighted by Gasteiger charge is 2.39. The smallest absolute Gasteiger partial charge is 0.254 e. The van der Waals surface area contributed by atoms with Crippen LogP contribution in [0, 0.1) is 0 Å². The van der Waals surface area contributed by atoms with Crippen molar-refractivity contribution in [2.24, 2.45) is 0 Å². The first-order valence-electron chi connectivity index (χ1n) is 12.5. The minimum atomic E-state index is -3.52. The van der Waals surface area contributed by atoms with E-state index in [-0.39, 0.29) is 18.0 Å². The van der Waals surface area contributed by atoms with Crippen molar-refractivity contribution in [3.05, 3.63) is 71.3 Å². The average molecular weight is 534 g/mol. The van der Waals surface area contributed by atoms with Gasteiger partial charge in [0.2, 0.25) is 20.0 Å². The Hall–Kier alpha value is -2.27. The van der Waals surface area contributed by atoms with E-state index in [1.165, 1.54) is 0 Å². The fraction of sp³-hybridized carbons (Fsp3) is 0.500. The van der Waals surface area contributed by atoms with Gasteiger partial charge in [0.1, 0.15) is 5.25 Å². The van der Waals surface area contributed by atoms with Crippen molar-refractivity contribution in [2.75, 3.05) is 25.9 Å². The van der Waals surface area contributed by atoms with E-state index < -0.39 is 25.3 Å². The molecule has 0 aliphatic carbocycles. The third kappa shape index (κ3) is 5.99. The van der Waals surface area contributed by atoms with Gasteiger partial charge in [0.25, 0.3) is 5.91 Å². The monoisotopic (exact) mass is 533 g/mol. The second-order valence-electron chi connectivity index (χ2n) is 9.74. The highest BCUT2D eigenvalue weighted by Crippen LogP contribution is 2.38. The minimum Gasteiger partial charge on any atom is -0.336 e. The number of likely N-dealkylation sites (tertiary alicyclic amines) is 1. The van der Waals surface area contributed by atoms with Crippen LogP contribution in [0.1, 0.15) is 71.8 Å². The molecule has 0 radical (unpaired) electrons. The first-order chi connectivity index (χ1) is 17.1. The van der Waals surface area contributed by atoms with Crippen LogP contribution < -0.4 is 4.72 Å². The third-order valence-electron chi connectivity index (χ3n) is 7.25. The van der Waals surface area contributed by atoms with Gasteiger partial charge in [0.05, 0.1) is 6.26 Å². The van der Waals surface area contributed by atoms with Gasteiger partial charge >= 0.3 is 0 Å². The Bertz CT molecular complexity index is 1260. The molecule has 3 unspecified atom stereocenters. The summed E-state index contributed by atoms with van der Waals surface area (Å²) in [4.78, 5) is 15.0. The summed E-state index contributed by atoms with van der Waals surface area (Å²) in [7, 11) is -6.78. The molecule has 2 aromatic carbocycles. The van der Waals surface area contributed by atoms with Gasteiger partial charge in [0, 0.05) is 37.3 Å². The number of carbonyl (C=O) groups excluding carboxylic acids is 1. The molecule has 2 fully saturated rings. The summed E-state index contributed by atoms with van der Waals surface area (Å²) in [5, 5.41) is -0.542. The zero-order valence-electron chi connectivity index (χ0n) is 20.8. The molecule has 36 heavy (non-hydrogen) atoms. The van der Waals surface area contributed by atoms with Crippen LogP contribution in [0.3, 0.4) is 0 Å². The average Bonchev–Trinajstić information content (AvgIpc) is 3.31. The van der Waals surface area contributed by atoms with Crippen molar-refractivity contribution in [3.8, 4) is 0 Å². The molecule has 196 valence electrons. The van der Waals surface area contributed by atoms with E-state index in [1.807, 2.05) is 54.3 Å². The lowest BCUT2D eigenvalue weighted by atomic mass is 10.0. The standard InChI is InChI=1S/C26H35N3O5S2/c1-20(29-19-7-11-25(36(29,33)34)22-8-4-3-5-9-22)21-12-14-23(15-13-21)26(30)28-18-6-10-24(28)16-17-27-35(2,31)32/h3-5,8-9,12-15,20,24-25,27H,6-7,10-11,16-19H2,1-2H3. The summed E-state index contributed by atoms with van der Waals surface area (Å²) >= 11 is 0. The second kappa shape index (κ2) is 11.0. The maximum Gasteiger partial charge on any atom is 0.254 e. The van der Waals surface area contributed by atoms with E-state index in [0.717, 1.165) is 36.6 Å². The van der Waals surface area contributed by atoms with Gasteiger partial charge in [-0.25, -0.2) is 21.6 Å². The van der Waals surface area contributed by atoms with Gasteiger partial charge < -0.3 is 4.90 Å². The molecule has 3 atom stereocenters. The molecule has 2 heterocycles. The Morgan fingerprint density at radius 1 is 1.03 bits per heavy atom. The van der Waals surface area contributed by atoms with E-state index in [1.54, 1.807) is 16.4 Å². The van der Waals surface area contributed by atoms with Gasteiger partial charge in [-0.3, -0.25) is 4.79 Å². The minimum absolute atomic E-state index is 0.00115. The van der Waals surface area contributed by atoms with Crippen LogP contribution in [0.2, 0.25) is 0 Å². The number of hydrogen-bond donors (Lipinski definition) is 1. The second-order valence-corrected chi connectivity index (χ2v) is 13.6. The Kier molecular flexibility index (Phi) is 8.18. The van der Waals surface area contributed by atoms with E-state index in [9.17, 15) is 21.6 Å². The van der Waals surface area contributed by atoms with Gasteiger partial charge in [-0.1, -0.05) is 42.5 Å². The van der Waals surface area contributed by atoms with Gasteiger partial charge in [-0.2, -0.15) is 4.31 Å². The molecular formula is C26H35N3O5S2. The van der Waals surface area contributed by atoms with Crippen molar-refractivity contribution < 1.29 is 21.6 Å². The van der Waals surface area contributed by atoms with Crippen LogP contribution in [0.15, 0.2) is 54.6 Å². The van der Waals surface area contributed by atoms with Crippen LogP contribution in [0.5, 0.6) is 0 Å². The number of hydrogen-bond acceptors (Lipinski definition) is 5. The van der Waals surface area contributed by atoms with E-state index in [0.29, 0.717) is 38.0 Å². The molecule has 0 spiro atoms. The zero-order chi connectivity index (χ0) is 25.9. The fourth-order valence-electron chi connectivity index (χ4n) is 5.34. The van der Waals surface area contributed by atoms with Gasteiger partial charge in [-0.15, -0.1) is 0 Å². The first kappa shape index (κ1) is 26.8. The van der Waals surface area contributed by atoms with Crippen molar-refractivity contribution >= 4 is 26.0 Å². The first-order valence-corrected chi connectivity index (χ1v) is 15.9. The Labute approximate surface area is 214 Å². The number of benzene rings is 2. The van der Waals surface area contributed by atoms with Gasteiger partial charge in [0.15, 0.2) is 0 Å². The molecule has 10 heteroatoms. The van der Waals surface area contributed by atoms with Crippen molar-refractivity contribution in [3.63, 3.8) is 0 Å². The third-order valence-corrected chi connectivity index (χ3v) is 10.4. The van der Waals surface area contributed by atoms with Crippen LogP contribution in [-0.4, -0.2) is 63.9 Å². The van der Waals surface area contributed by atoms with Crippen LogP contribution in [0.25, 0.3) is 0 Å². The summed E-state index contributed by atoms with van der Waals surface area (Å²) < 4.78 is 53.7. The van der Waals surface area contributed by atoms with Crippen LogP contribution in [-0.2, 0) is 20.0 Å². The normalized spacial score (nSPS) is 23.4. The Balaban J connectivity index is 1.44. The molecule has 0 aromatic heterocycles. The van der Waals surface area contributed by atoms with E-state index in [2.05, 4.69) is 4.72 Å². The molecule has 2 aliphatic rings. The lowest BCUT2D eigenvalue weighted by molar-refractivity contribution is 0.0731.